The van der Waals surface area contributed by atoms with Gasteiger partial charge in [0.15, 0.2) is 24.1 Å². The van der Waals surface area contributed by atoms with E-state index in [0.717, 1.165) is 4.68 Å². The minimum atomic E-state index is -4.96. The molecule has 22 nitrogen and oxygen atoms in total. The summed E-state index contributed by atoms with van der Waals surface area (Å²) in [4.78, 5) is 34.3. The number of nitrogens with zero attached hydrogens (tertiary/aromatic N) is 8. The minimum Gasteiger partial charge on any atom is -0.756 e. The second kappa shape index (κ2) is 14.3. The second-order valence-electron chi connectivity index (χ2n) is 8.35. The Balaban J connectivity index is 0.000000285. The molecule has 0 aromatic carbocycles. The van der Waals surface area contributed by atoms with E-state index in [1.807, 2.05) is 0 Å². The molecular formula is C18H34N11O11P. The summed E-state index contributed by atoms with van der Waals surface area (Å²) in [7, 11) is -2.01. The van der Waals surface area contributed by atoms with Gasteiger partial charge in [-0.15, -0.1) is 10.2 Å². The van der Waals surface area contributed by atoms with Gasteiger partial charge in [0, 0.05) is 14.1 Å². The number of aliphatic hydroxyl groups is 5. The molecule has 0 bridgehead atoms. The first kappa shape index (κ1) is 34.2. The largest absolute Gasteiger partial charge is 0.756 e. The fourth-order valence-corrected chi connectivity index (χ4v) is 3.92. The lowest BCUT2D eigenvalue weighted by atomic mass is 10.1. The molecule has 41 heavy (non-hydrogen) atoms. The molecule has 9 unspecified atom stereocenters. The highest BCUT2D eigenvalue weighted by Crippen LogP contribution is 2.35. The second-order valence-corrected chi connectivity index (χ2v) is 9.55. The first-order valence-corrected chi connectivity index (χ1v) is 12.9. The first-order chi connectivity index (χ1) is 18.8. The molecule has 232 valence electrons. The zero-order chi connectivity index (χ0) is 29.8. The van der Waals surface area contributed by atoms with Crippen molar-refractivity contribution in [3.05, 3.63) is 24.3 Å². The van der Waals surface area contributed by atoms with Gasteiger partial charge in [-0.1, -0.05) is 0 Å². The third kappa shape index (κ3) is 8.06. The van der Waals surface area contributed by atoms with Crippen LogP contribution < -0.4 is 22.5 Å². The van der Waals surface area contributed by atoms with Gasteiger partial charge in [0.1, 0.15) is 49.3 Å². The summed E-state index contributed by atoms with van der Waals surface area (Å²) >= 11 is 0. The number of quaternary nitrogens is 1. The highest BCUT2D eigenvalue weighted by atomic mass is 31.2. The number of aromatic nitrogens is 6. The van der Waals surface area contributed by atoms with E-state index in [2.05, 4.69) is 34.7 Å². The number of amidine groups is 2. The third-order valence-electron chi connectivity index (χ3n) is 5.73. The van der Waals surface area contributed by atoms with Gasteiger partial charge < -0.3 is 66.9 Å². The van der Waals surface area contributed by atoms with Crippen LogP contribution in [0.5, 0.6) is 0 Å². The first-order valence-electron chi connectivity index (χ1n) is 11.4. The lowest BCUT2D eigenvalue weighted by molar-refractivity contribution is -0.223. The molecule has 0 amide bonds. The van der Waals surface area contributed by atoms with E-state index in [1.165, 1.54) is 31.4 Å². The highest BCUT2D eigenvalue weighted by molar-refractivity contribution is 7.44. The summed E-state index contributed by atoms with van der Waals surface area (Å²) in [6, 6.07) is 0. The van der Waals surface area contributed by atoms with Crippen LogP contribution in [-0.2, 0) is 18.6 Å². The van der Waals surface area contributed by atoms with Crippen LogP contribution in [0.3, 0.4) is 0 Å². The van der Waals surface area contributed by atoms with E-state index in [-0.39, 0.29) is 29.5 Å². The fourth-order valence-electron chi connectivity index (χ4n) is 3.58. The number of hydrogen-bond acceptors (Lipinski definition) is 16. The predicted molar refractivity (Wildman–Crippen MR) is 134 cm³/mol. The minimum absolute atomic E-state index is 0. The van der Waals surface area contributed by atoms with Crippen LogP contribution in [0.25, 0.3) is 0 Å². The summed E-state index contributed by atoms with van der Waals surface area (Å²) in [6.45, 7) is -1.05. The molecule has 2 saturated heterocycles. The van der Waals surface area contributed by atoms with Crippen molar-refractivity contribution in [3.8, 4) is 0 Å². The fraction of sp³-hybridized carbons (Fsp3) is 0.667. The predicted octanol–water partition coefficient (Wildman–Crippen LogP) is -5.69. The molecule has 4 heterocycles. The average Bonchev–Trinajstić information content (AvgIpc) is 3.71. The number of rotatable bonds is 8. The Bertz CT molecular complexity index is 1240. The number of phosphoric ester groups is 1. The lowest BCUT2D eigenvalue weighted by Gasteiger charge is -2.19. The molecule has 14 N–H and O–H groups in total. The number of aliphatic imine (C=N–C) groups is 2. The van der Waals surface area contributed by atoms with E-state index in [0.29, 0.717) is 0 Å². The summed E-state index contributed by atoms with van der Waals surface area (Å²) in [5.74, 6) is 0.530. The van der Waals surface area contributed by atoms with Gasteiger partial charge >= 0.3 is 0 Å². The molecule has 4 rings (SSSR count). The van der Waals surface area contributed by atoms with Crippen molar-refractivity contribution in [2.75, 3.05) is 27.3 Å². The molecule has 0 saturated carbocycles. The van der Waals surface area contributed by atoms with Crippen molar-refractivity contribution in [2.24, 2.45) is 21.5 Å². The molecule has 0 aliphatic carbocycles. The van der Waals surface area contributed by atoms with Crippen molar-refractivity contribution in [2.45, 2.75) is 49.1 Å². The topological polar surface area (TPSA) is 364 Å². The Kier molecular flexibility index (Phi) is 11.9. The molecule has 2 fully saturated rings. The quantitative estimate of drug-likeness (QED) is 0.0762. The third-order valence-corrected chi connectivity index (χ3v) is 6.21. The SMILES string of the molecule is CN=C(N)c1ncn(C2OC(CO)C(O)C2O)n1.CN=C(N)c1ncn(C2OC(COP(=O)([O-])O)C(O)C2O)n1.[NH4+]. The number of phosphoric acid groups is 1. The van der Waals surface area contributed by atoms with Crippen molar-refractivity contribution >= 4 is 19.5 Å². The summed E-state index contributed by atoms with van der Waals surface area (Å²) in [6.07, 6.45) is -6.78. The van der Waals surface area contributed by atoms with Gasteiger partial charge in [0.25, 0.3) is 7.82 Å². The van der Waals surface area contributed by atoms with Crippen molar-refractivity contribution in [1.82, 2.24) is 35.7 Å². The van der Waals surface area contributed by atoms with Gasteiger partial charge in [0.2, 0.25) is 11.6 Å². The van der Waals surface area contributed by atoms with Crippen LogP contribution in [0.2, 0.25) is 0 Å². The van der Waals surface area contributed by atoms with Crippen molar-refractivity contribution in [3.63, 3.8) is 0 Å². The maximum Gasteiger partial charge on any atom is 0.265 e. The summed E-state index contributed by atoms with van der Waals surface area (Å²) in [5.41, 5.74) is 11.1. The molecule has 9 atom stereocenters. The molecular weight excluding hydrogens is 577 g/mol. The van der Waals surface area contributed by atoms with Crippen LogP contribution in [0.4, 0.5) is 0 Å². The van der Waals surface area contributed by atoms with Crippen molar-refractivity contribution < 1.29 is 53.9 Å². The normalized spacial score (nSPS) is 31.7. The molecule has 23 heteroatoms. The molecule has 2 aromatic rings. The van der Waals surface area contributed by atoms with E-state index in [1.54, 1.807) is 0 Å². The maximum atomic E-state index is 10.5. The smallest absolute Gasteiger partial charge is 0.265 e. The average molecular weight is 612 g/mol. The Labute approximate surface area is 231 Å². The Morgan fingerprint density at radius 1 is 0.951 bits per heavy atom. The standard InChI is InChI=1S/C9H16N5O7P.C9H15N5O4.H3N/c1-11-7(10)8-12-3-14(13-8)9-6(16)5(15)4(21-9)2-20-22(17,18)19;1-11-7(10)8-12-3-14(13-8)9-6(17)5(16)4(2-15)18-9;/h3-6,9,15-16H,2H2,1H3,(H2,10,11)(H2,17,18,19);3-6,9,15-17H,2H2,1H3,(H2,10,11);1H3. The van der Waals surface area contributed by atoms with Gasteiger partial charge in [-0.2, -0.15) is 0 Å². The van der Waals surface area contributed by atoms with Gasteiger partial charge in [-0.05, 0) is 0 Å². The van der Waals surface area contributed by atoms with E-state index in [4.69, 9.17) is 30.9 Å². The van der Waals surface area contributed by atoms with E-state index in [9.17, 15) is 29.9 Å². The Morgan fingerprint density at radius 2 is 1.37 bits per heavy atom. The number of ether oxygens (including phenoxy) is 2. The van der Waals surface area contributed by atoms with Gasteiger partial charge in [-0.3, -0.25) is 14.5 Å². The van der Waals surface area contributed by atoms with Gasteiger partial charge in [0.05, 0.1) is 13.2 Å². The zero-order valence-corrected chi connectivity index (χ0v) is 23.0. The van der Waals surface area contributed by atoms with Crippen LogP contribution >= 0.6 is 7.82 Å². The zero-order valence-electron chi connectivity index (χ0n) is 22.1. The number of hydrogen-bond donors (Lipinski definition) is 9. The highest BCUT2D eigenvalue weighted by Gasteiger charge is 2.45. The number of aliphatic hydroxyl groups excluding tert-OH is 5. The van der Waals surface area contributed by atoms with Crippen LogP contribution in [0, 0.1) is 0 Å². The van der Waals surface area contributed by atoms with E-state index < -0.39 is 70.1 Å². The van der Waals surface area contributed by atoms with Crippen LogP contribution in [0.1, 0.15) is 24.1 Å². The van der Waals surface area contributed by atoms with E-state index >= 15 is 0 Å². The van der Waals surface area contributed by atoms with Gasteiger partial charge in [-0.25, -0.2) is 19.3 Å². The molecule has 0 spiro atoms. The lowest BCUT2D eigenvalue weighted by Crippen LogP contribution is -2.34. The monoisotopic (exact) mass is 611 g/mol. The maximum absolute atomic E-state index is 10.5. The molecule has 0 radical (unpaired) electrons. The van der Waals surface area contributed by atoms with Crippen molar-refractivity contribution in [1.29, 1.82) is 0 Å². The Morgan fingerprint density at radius 3 is 1.73 bits per heavy atom. The van der Waals surface area contributed by atoms with Crippen LogP contribution in [-0.4, -0.2) is 136 Å². The van der Waals surface area contributed by atoms with Crippen LogP contribution in [0.15, 0.2) is 22.6 Å². The molecule has 2 aliphatic rings. The Hall–Kier alpha value is -2.99. The molecule has 2 aromatic heterocycles. The molecule has 2 aliphatic heterocycles. The summed E-state index contributed by atoms with van der Waals surface area (Å²) < 4.78 is 27.6. The number of nitrogens with two attached hydrogens (primary N) is 2. The summed E-state index contributed by atoms with van der Waals surface area (Å²) in [5, 5.41) is 56.0.